The first-order valence-electron chi connectivity index (χ1n) is 10.4. The molecule has 32 heavy (non-hydrogen) atoms. The summed E-state index contributed by atoms with van der Waals surface area (Å²) in [6.07, 6.45) is 12.3. The van der Waals surface area contributed by atoms with Crippen molar-refractivity contribution in [2.45, 2.75) is 39.2 Å². The molecule has 0 amide bonds. The smallest absolute Gasteiger partial charge is 0.145 e. The number of benzene rings is 1. The Kier molecular flexibility index (Phi) is 5.90. The Labute approximate surface area is 190 Å². The van der Waals surface area contributed by atoms with Crippen LogP contribution in [0.15, 0.2) is 36.8 Å². The molecule has 1 unspecified atom stereocenters. The Morgan fingerprint density at radius 2 is 1.97 bits per heavy atom. The van der Waals surface area contributed by atoms with E-state index in [2.05, 4.69) is 27.8 Å². The Morgan fingerprint density at radius 1 is 1.16 bits per heavy atom. The third-order valence-corrected chi connectivity index (χ3v) is 6.52. The lowest BCUT2D eigenvalue weighted by atomic mass is 9.77. The minimum Gasteiger partial charge on any atom is -0.383 e. The van der Waals surface area contributed by atoms with E-state index in [0.29, 0.717) is 36.1 Å². The van der Waals surface area contributed by atoms with Crippen LogP contribution in [-0.4, -0.2) is 19.5 Å². The van der Waals surface area contributed by atoms with Crippen LogP contribution in [0, 0.1) is 23.6 Å². The van der Waals surface area contributed by atoms with Crippen molar-refractivity contribution in [2.24, 2.45) is 5.41 Å². The number of nitrogen functional groups attached to an aromatic ring is 2. The van der Waals surface area contributed by atoms with E-state index in [1.807, 2.05) is 22.9 Å². The summed E-state index contributed by atoms with van der Waals surface area (Å²) in [5.41, 5.74) is 13.5. The van der Waals surface area contributed by atoms with Gasteiger partial charge in [0.25, 0.3) is 0 Å². The van der Waals surface area contributed by atoms with Gasteiger partial charge in [-0.1, -0.05) is 24.4 Å². The molecule has 4 N–H and O–H groups in total. The van der Waals surface area contributed by atoms with Gasteiger partial charge >= 0.3 is 0 Å². The molecular weight excluding hydrogens is 427 g/mol. The average Bonchev–Trinajstić information content (AvgIpc) is 3.20. The van der Waals surface area contributed by atoms with Crippen LogP contribution < -0.4 is 11.5 Å². The van der Waals surface area contributed by atoms with Gasteiger partial charge in [0.1, 0.15) is 29.4 Å². The maximum Gasteiger partial charge on any atom is 0.145 e. The molecule has 6 nitrogen and oxygen atoms in total. The zero-order valence-corrected chi connectivity index (χ0v) is 18.5. The molecular formula is C24H24ClFN6. The number of fused-ring (bicyclic) bond motifs is 2. The number of anilines is 2. The molecule has 4 aromatic rings. The Bertz CT molecular complexity index is 1340. The first-order valence-corrected chi connectivity index (χ1v) is 10.8. The number of nitrogens with zero attached hydrogens (tertiary/aromatic N) is 4. The third kappa shape index (κ3) is 4.06. The van der Waals surface area contributed by atoms with Crippen LogP contribution in [0.3, 0.4) is 0 Å². The maximum absolute atomic E-state index is 14.7. The molecule has 0 aliphatic heterocycles. The van der Waals surface area contributed by atoms with E-state index in [9.17, 15) is 4.39 Å². The molecule has 164 valence electrons. The lowest BCUT2D eigenvalue weighted by molar-refractivity contribution is 0.309. The number of terminal acetylenes is 1. The Hall–Kier alpha value is -3.37. The van der Waals surface area contributed by atoms with Gasteiger partial charge in [-0.05, 0) is 55.5 Å². The zero-order valence-electron chi connectivity index (χ0n) is 17.8. The summed E-state index contributed by atoms with van der Waals surface area (Å²) < 4.78 is 16.7. The van der Waals surface area contributed by atoms with Gasteiger partial charge < -0.3 is 16.0 Å². The molecule has 3 heterocycles. The van der Waals surface area contributed by atoms with Crippen molar-refractivity contribution in [3.8, 4) is 12.3 Å². The highest BCUT2D eigenvalue weighted by atomic mass is 35.5. The molecule has 4 rings (SSSR count). The molecule has 3 aromatic heterocycles. The average molecular weight is 451 g/mol. The van der Waals surface area contributed by atoms with Crippen LogP contribution >= 0.6 is 11.6 Å². The molecule has 1 atom stereocenters. The maximum atomic E-state index is 14.7. The van der Waals surface area contributed by atoms with Gasteiger partial charge in [-0.25, -0.2) is 19.3 Å². The van der Waals surface area contributed by atoms with Gasteiger partial charge in [-0.3, -0.25) is 0 Å². The minimum atomic E-state index is -0.370. The first kappa shape index (κ1) is 21.8. The van der Waals surface area contributed by atoms with E-state index in [-0.39, 0.29) is 22.1 Å². The van der Waals surface area contributed by atoms with Crippen LogP contribution in [-0.2, 0) is 13.0 Å². The van der Waals surface area contributed by atoms with Crippen LogP contribution in [0.2, 0.25) is 5.02 Å². The SMILES string of the molecule is C#CC(CC)(CCc1cc(F)c2cc(Cl)c(N)nc2c1)CCn1ccc2c(N)ncnc21. The van der Waals surface area contributed by atoms with E-state index >= 15 is 0 Å². The third-order valence-electron chi connectivity index (χ3n) is 6.22. The topological polar surface area (TPSA) is 95.6 Å². The molecule has 0 saturated carbocycles. The highest BCUT2D eigenvalue weighted by Crippen LogP contribution is 2.34. The van der Waals surface area contributed by atoms with Crippen molar-refractivity contribution in [1.82, 2.24) is 19.5 Å². The fourth-order valence-electron chi connectivity index (χ4n) is 4.07. The molecule has 0 radical (unpaired) electrons. The second-order valence-electron chi connectivity index (χ2n) is 8.03. The number of aromatic nitrogens is 4. The molecule has 8 heteroatoms. The van der Waals surface area contributed by atoms with Crippen LogP contribution in [0.25, 0.3) is 21.9 Å². The van der Waals surface area contributed by atoms with Crippen LogP contribution in [0.5, 0.6) is 0 Å². The van der Waals surface area contributed by atoms with Gasteiger partial charge in [0.05, 0.1) is 15.9 Å². The Balaban J connectivity index is 1.53. The van der Waals surface area contributed by atoms with E-state index in [0.717, 1.165) is 29.4 Å². The highest BCUT2D eigenvalue weighted by Gasteiger charge is 2.26. The van der Waals surface area contributed by atoms with Crippen LogP contribution in [0.4, 0.5) is 16.0 Å². The summed E-state index contributed by atoms with van der Waals surface area (Å²) in [5, 5.41) is 1.42. The lowest BCUT2D eigenvalue weighted by Crippen LogP contribution is -2.21. The molecule has 0 fully saturated rings. The quantitative estimate of drug-likeness (QED) is 0.387. The molecule has 0 saturated heterocycles. The van der Waals surface area contributed by atoms with Crippen molar-refractivity contribution < 1.29 is 4.39 Å². The van der Waals surface area contributed by atoms with Gasteiger partial charge in [0.15, 0.2) is 0 Å². The predicted molar refractivity (Wildman–Crippen MR) is 128 cm³/mol. The van der Waals surface area contributed by atoms with Crippen molar-refractivity contribution in [2.75, 3.05) is 11.5 Å². The summed E-state index contributed by atoms with van der Waals surface area (Å²) in [6, 6.07) is 6.79. The van der Waals surface area contributed by atoms with E-state index in [4.69, 9.17) is 29.5 Å². The largest absolute Gasteiger partial charge is 0.383 e. The number of hydrogen-bond donors (Lipinski definition) is 2. The number of nitrogens with two attached hydrogens (primary N) is 2. The Morgan fingerprint density at radius 3 is 2.72 bits per heavy atom. The van der Waals surface area contributed by atoms with Crippen molar-refractivity contribution >= 4 is 45.2 Å². The highest BCUT2D eigenvalue weighted by molar-refractivity contribution is 6.33. The summed E-state index contributed by atoms with van der Waals surface area (Å²) >= 11 is 5.99. The second kappa shape index (κ2) is 8.64. The van der Waals surface area contributed by atoms with Gasteiger partial charge in [0.2, 0.25) is 0 Å². The van der Waals surface area contributed by atoms with Crippen molar-refractivity contribution in [3.05, 3.63) is 53.2 Å². The van der Waals surface area contributed by atoms with Gasteiger partial charge in [-0.2, -0.15) is 0 Å². The summed E-state index contributed by atoms with van der Waals surface area (Å²) in [7, 11) is 0. The van der Waals surface area contributed by atoms with Gasteiger partial charge in [0, 0.05) is 23.5 Å². The number of aryl methyl sites for hydroxylation is 2. The van der Waals surface area contributed by atoms with E-state index in [1.165, 1.54) is 18.5 Å². The normalized spacial score (nSPS) is 13.3. The van der Waals surface area contributed by atoms with Gasteiger partial charge in [-0.15, -0.1) is 6.42 Å². The van der Waals surface area contributed by atoms with E-state index in [1.54, 1.807) is 0 Å². The number of rotatable bonds is 7. The van der Waals surface area contributed by atoms with Crippen molar-refractivity contribution in [3.63, 3.8) is 0 Å². The summed E-state index contributed by atoms with van der Waals surface area (Å²) in [6.45, 7) is 2.78. The molecule has 1 aromatic carbocycles. The first-order chi connectivity index (χ1) is 15.4. The monoisotopic (exact) mass is 450 g/mol. The molecule has 0 aliphatic rings. The lowest BCUT2D eigenvalue weighted by Gasteiger charge is -2.27. The van der Waals surface area contributed by atoms with E-state index < -0.39 is 0 Å². The van der Waals surface area contributed by atoms with Crippen molar-refractivity contribution in [1.29, 1.82) is 0 Å². The fraction of sp³-hybridized carbons (Fsp3) is 0.292. The summed E-state index contributed by atoms with van der Waals surface area (Å²) in [4.78, 5) is 12.6. The standard InChI is InChI=1S/C24H24ClFN6/c1-3-24(4-2,8-10-32-9-6-16-21(27)29-14-30-23(16)32)7-5-15-11-19(26)17-13-18(25)22(28)31-20(17)12-15/h1,6,9,11-14H,4-5,7-8,10H2,2H3,(H2,28,31)(H2,27,29,30). The zero-order chi connectivity index (χ0) is 22.9. The number of hydrogen-bond acceptors (Lipinski definition) is 5. The minimum absolute atomic E-state index is 0.186. The second-order valence-corrected chi connectivity index (χ2v) is 8.44. The molecule has 0 spiro atoms. The fourth-order valence-corrected chi connectivity index (χ4v) is 4.22. The predicted octanol–water partition coefficient (Wildman–Crippen LogP) is 4.99. The van der Waals surface area contributed by atoms with Crippen LogP contribution in [0.1, 0.15) is 31.7 Å². The summed E-state index contributed by atoms with van der Waals surface area (Å²) in [5.74, 6) is 3.28. The number of pyridine rings is 1. The molecule has 0 bridgehead atoms. The number of halogens is 2. The molecule has 0 aliphatic carbocycles.